The highest BCUT2D eigenvalue weighted by Crippen LogP contribution is 2.22. The van der Waals surface area contributed by atoms with Crippen LogP contribution in [0.15, 0.2) is 23.3 Å². The van der Waals surface area contributed by atoms with Crippen molar-refractivity contribution in [2.75, 3.05) is 7.11 Å². The molecule has 0 bridgehead atoms. The van der Waals surface area contributed by atoms with Gasteiger partial charge >= 0.3 is 0 Å². The molecule has 12 heavy (non-hydrogen) atoms. The number of hydrogen-bond donors (Lipinski definition) is 0. The number of rotatable bonds is 2. The molecule has 0 aliphatic heterocycles. The van der Waals surface area contributed by atoms with E-state index in [2.05, 4.69) is 10.0 Å². The summed E-state index contributed by atoms with van der Waals surface area (Å²) in [5.74, 6) is 0.798. The summed E-state index contributed by atoms with van der Waals surface area (Å²) in [5.41, 5.74) is 9.73. The third-order valence-electron chi connectivity index (χ3n) is 1.54. The summed E-state index contributed by atoms with van der Waals surface area (Å²) in [6, 6.07) is 5.27. The Balaban J connectivity index is 3.09. The lowest BCUT2D eigenvalue weighted by Crippen LogP contribution is -1.84. The molecule has 4 heteroatoms. The van der Waals surface area contributed by atoms with E-state index in [1.165, 1.54) is 0 Å². The number of nitrogens with zero attached hydrogens (tertiary/aromatic N) is 3. The van der Waals surface area contributed by atoms with Gasteiger partial charge in [-0.2, -0.15) is 0 Å². The molecule has 0 saturated carbocycles. The molecular weight excluding hydrogens is 154 g/mol. The lowest BCUT2D eigenvalue weighted by Gasteiger charge is -2.03. The fourth-order valence-corrected chi connectivity index (χ4v) is 0.976. The smallest absolute Gasteiger partial charge is 0.121 e. The van der Waals surface area contributed by atoms with Crippen LogP contribution in [0.3, 0.4) is 0 Å². The first-order valence-corrected chi connectivity index (χ1v) is 3.47. The van der Waals surface area contributed by atoms with Crippen LogP contribution in [0.4, 0.5) is 5.69 Å². The normalized spacial score (nSPS) is 8.83. The lowest BCUT2D eigenvalue weighted by molar-refractivity contribution is 0.412. The molecule has 0 saturated heterocycles. The van der Waals surface area contributed by atoms with Gasteiger partial charge in [0, 0.05) is 10.6 Å². The largest absolute Gasteiger partial charge is 0.496 e. The molecule has 62 valence electrons. The molecule has 0 aliphatic rings. The maximum Gasteiger partial charge on any atom is 0.121 e. The van der Waals surface area contributed by atoms with E-state index in [1.54, 1.807) is 25.3 Å². The molecule has 0 amide bonds. The summed E-state index contributed by atoms with van der Waals surface area (Å²) in [7, 11) is 1.61. The Bertz CT molecular complexity index is 329. The van der Waals surface area contributed by atoms with E-state index < -0.39 is 0 Å². The van der Waals surface area contributed by atoms with Crippen LogP contribution < -0.4 is 4.74 Å². The minimum atomic E-state index is 0.607. The first kappa shape index (κ1) is 8.43. The van der Waals surface area contributed by atoms with Gasteiger partial charge in [-0.15, -0.1) is 0 Å². The van der Waals surface area contributed by atoms with Crippen LogP contribution in [-0.2, 0) is 0 Å². The van der Waals surface area contributed by atoms with Gasteiger partial charge in [0.25, 0.3) is 0 Å². The molecule has 4 nitrogen and oxygen atoms in total. The average Bonchev–Trinajstić information content (AvgIpc) is 2.05. The van der Waals surface area contributed by atoms with Crippen molar-refractivity contribution in [2.45, 2.75) is 6.92 Å². The van der Waals surface area contributed by atoms with Gasteiger partial charge in [-0.25, -0.2) is 0 Å². The summed E-state index contributed by atoms with van der Waals surface area (Å²) in [6.07, 6.45) is 0. The van der Waals surface area contributed by atoms with E-state index in [4.69, 9.17) is 10.3 Å². The van der Waals surface area contributed by atoms with Gasteiger partial charge in [-0.1, -0.05) is 5.11 Å². The van der Waals surface area contributed by atoms with E-state index in [-0.39, 0.29) is 0 Å². The van der Waals surface area contributed by atoms with Gasteiger partial charge < -0.3 is 4.74 Å². The molecule has 0 fully saturated rings. The molecule has 1 aromatic carbocycles. The highest BCUT2D eigenvalue weighted by atomic mass is 16.5. The minimum absolute atomic E-state index is 0.607. The topological polar surface area (TPSA) is 58.0 Å². The molecule has 0 unspecified atom stereocenters. The van der Waals surface area contributed by atoms with Gasteiger partial charge in [0.15, 0.2) is 0 Å². The van der Waals surface area contributed by atoms with E-state index in [9.17, 15) is 0 Å². The van der Waals surface area contributed by atoms with Crippen molar-refractivity contribution in [3.63, 3.8) is 0 Å². The maximum absolute atomic E-state index is 8.16. The summed E-state index contributed by atoms with van der Waals surface area (Å²) in [6.45, 7) is 1.90. The molecule has 0 spiro atoms. The van der Waals surface area contributed by atoms with Crippen LogP contribution in [0.2, 0.25) is 0 Å². The SMILES string of the molecule is COc1ccc(N=[N+]=[N-])cc1C. The fraction of sp³-hybridized carbons (Fsp3) is 0.250. The number of benzene rings is 1. The van der Waals surface area contributed by atoms with E-state index in [0.29, 0.717) is 5.69 Å². The van der Waals surface area contributed by atoms with Crippen LogP contribution >= 0.6 is 0 Å². The Labute approximate surface area is 70.4 Å². The predicted molar refractivity (Wildman–Crippen MR) is 46.5 cm³/mol. The number of hydrogen-bond acceptors (Lipinski definition) is 2. The number of azide groups is 1. The predicted octanol–water partition coefficient (Wildman–Crippen LogP) is 2.95. The zero-order valence-electron chi connectivity index (χ0n) is 6.98. The van der Waals surface area contributed by atoms with Crippen molar-refractivity contribution in [3.05, 3.63) is 34.2 Å². The molecule has 0 N–H and O–H groups in total. The minimum Gasteiger partial charge on any atom is -0.496 e. The Hall–Kier alpha value is -1.67. The highest BCUT2D eigenvalue weighted by molar-refractivity contribution is 5.46. The Morgan fingerprint density at radius 3 is 2.75 bits per heavy atom. The second kappa shape index (κ2) is 3.64. The molecule has 0 aliphatic carbocycles. The molecule has 0 heterocycles. The van der Waals surface area contributed by atoms with E-state index in [1.807, 2.05) is 6.92 Å². The quantitative estimate of drug-likeness (QED) is 0.375. The summed E-state index contributed by atoms with van der Waals surface area (Å²) >= 11 is 0. The van der Waals surface area contributed by atoms with Gasteiger partial charge in [0.1, 0.15) is 5.75 Å². The Morgan fingerprint density at radius 1 is 1.50 bits per heavy atom. The zero-order chi connectivity index (χ0) is 8.97. The third kappa shape index (κ3) is 1.68. The summed E-state index contributed by atoms with van der Waals surface area (Å²) < 4.78 is 5.04. The van der Waals surface area contributed by atoms with E-state index >= 15 is 0 Å². The van der Waals surface area contributed by atoms with Crippen molar-refractivity contribution < 1.29 is 4.74 Å². The molecule has 0 atom stereocenters. The Kier molecular flexibility index (Phi) is 2.56. The van der Waals surface area contributed by atoms with Crippen molar-refractivity contribution in [1.82, 2.24) is 0 Å². The lowest BCUT2D eigenvalue weighted by atomic mass is 10.2. The monoisotopic (exact) mass is 163 g/mol. The molecule has 1 rings (SSSR count). The number of aryl methyl sites for hydroxylation is 1. The first-order valence-electron chi connectivity index (χ1n) is 3.47. The Morgan fingerprint density at radius 2 is 2.25 bits per heavy atom. The van der Waals surface area contributed by atoms with Crippen LogP contribution in [0.5, 0.6) is 5.75 Å². The van der Waals surface area contributed by atoms with Crippen molar-refractivity contribution in [3.8, 4) is 5.75 Å². The van der Waals surface area contributed by atoms with Crippen molar-refractivity contribution >= 4 is 5.69 Å². The van der Waals surface area contributed by atoms with Crippen LogP contribution in [-0.4, -0.2) is 7.11 Å². The number of ether oxygens (including phenoxy) is 1. The third-order valence-corrected chi connectivity index (χ3v) is 1.54. The van der Waals surface area contributed by atoms with Crippen LogP contribution in [0.25, 0.3) is 10.4 Å². The fourth-order valence-electron chi connectivity index (χ4n) is 0.976. The molecular formula is C8H9N3O. The molecule has 0 radical (unpaired) electrons. The second-order valence-corrected chi connectivity index (χ2v) is 2.34. The standard InChI is InChI=1S/C8H9N3O/c1-6-5-7(10-11-9)3-4-8(6)12-2/h3-5H,1-2H3. The molecule has 1 aromatic rings. The van der Waals surface area contributed by atoms with E-state index in [0.717, 1.165) is 11.3 Å². The van der Waals surface area contributed by atoms with Crippen molar-refractivity contribution in [1.29, 1.82) is 0 Å². The number of methoxy groups -OCH3 is 1. The summed E-state index contributed by atoms with van der Waals surface area (Å²) in [4.78, 5) is 2.69. The summed E-state index contributed by atoms with van der Waals surface area (Å²) in [5, 5.41) is 3.47. The second-order valence-electron chi connectivity index (χ2n) is 2.34. The average molecular weight is 163 g/mol. The maximum atomic E-state index is 8.16. The zero-order valence-corrected chi connectivity index (χ0v) is 6.98. The van der Waals surface area contributed by atoms with Crippen LogP contribution in [0.1, 0.15) is 5.56 Å². The highest BCUT2D eigenvalue weighted by Gasteiger charge is 1.96. The van der Waals surface area contributed by atoms with Gasteiger partial charge in [0.05, 0.1) is 7.11 Å². The van der Waals surface area contributed by atoms with Crippen LogP contribution in [0, 0.1) is 6.92 Å². The molecule has 0 aromatic heterocycles. The van der Waals surface area contributed by atoms with Gasteiger partial charge in [0.2, 0.25) is 0 Å². The van der Waals surface area contributed by atoms with Gasteiger partial charge in [-0.3, -0.25) is 0 Å². The van der Waals surface area contributed by atoms with Gasteiger partial charge in [-0.05, 0) is 36.2 Å². The van der Waals surface area contributed by atoms with Crippen molar-refractivity contribution in [2.24, 2.45) is 5.11 Å². The first-order chi connectivity index (χ1) is 5.77.